The monoisotopic (exact) mass is 621 g/mol. The smallest absolute Gasteiger partial charge is 0.394 e. The van der Waals surface area contributed by atoms with E-state index >= 15 is 0 Å². The Balaban J connectivity index is 0.000000850. The first-order chi connectivity index (χ1) is 19.3. The van der Waals surface area contributed by atoms with Gasteiger partial charge in [-0.25, -0.2) is 8.42 Å². The van der Waals surface area contributed by atoms with Crippen LogP contribution in [0.1, 0.15) is 38.3 Å². The summed E-state index contributed by atoms with van der Waals surface area (Å²) in [6.45, 7) is 8.82. The van der Waals surface area contributed by atoms with Crippen molar-refractivity contribution >= 4 is 26.3 Å². The first-order valence-corrected chi connectivity index (χ1v) is 16.4. The zero-order valence-electron chi connectivity index (χ0n) is 23.6. The van der Waals surface area contributed by atoms with E-state index in [1.807, 2.05) is 18.9 Å². The molecule has 13 nitrogen and oxygen atoms in total. The highest BCUT2D eigenvalue weighted by Gasteiger charge is 2.40. The number of amides is 1. The molecule has 0 aromatic heterocycles. The molecular formula is C25H40FN5O8S2. The Morgan fingerprint density at radius 3 is 2.29 bits per heavy atom. The molecule has 1 saturated heterocycles. The van der Waals surface area contributed by atoms with Gasteiger partial charge in [-0.2, -0.15) is 12.7 Å². The fraction of sp³-hybridized carbons (Fsp3) is 0.640. The lowest BCUT2D eigenvalue weighted by Gasteiger charge is -2.35. The number of benzene rings is 1. The SMILES string of the molecule is CCCN1CC2=C(C(=O)NC2c2cc(S(=O)(=O)N3CCN(CCCF)CC3)ccc2OCC)N(C)C1.O=S(=O)(O)O. The van der Waals surface area contributed by atoms with Gasteiger partial charge in [0.15, 0.2) is 0 Å². The molecule has 1 unspecified atom stereocenters. The summed E-state index contributed by atoms with van der Waals surface area (Å²) in [5.41, 5.74) is 2.26. The number of alkyl halides is 1. The van der Waals surface area contributed by atoms with Gasteiger partial charge in [0.25, 0.3) is 5.91 Å². The zero-order chi connectivity index (χ0) is 30.4. The van der Waals surface area contributed by atoms with E-state index in [0.29, 0.717) is 76.0 Å². The Labute approximate surface area is 241 Å². The summed E-state index contributed by atoms with van der Waals surface area (Å²) in [4.78, 5) is 19.5. The van der Waals surface area contributed by atoms with Crippen LogP contribution in [-0.4, -0.2) is 124 Å². The lowest BCUT2D eigenvalue weighted by atomic mass is 9.97. The van der Waals surface area contributed by atoms with Crippen molar-refractivity contribution in [3.8, 4) is 5.75 Å². The fourth-order valence-electron chi connectivity index (χ4n) is 5.37. The number of carbonyl (C=O) groups excluding carboxylic acids is 1. The van der Waals surface area contributed by atoms with Crippen LogP contribution in [0.25, 0.3) is 0 Å². The number of nitrogens with zero attached hydrogens (tertiary/aromatic N) is 4. The van der Waals surface area contributed by atoms with Gasteiger partial charge in [0.2, 0.25) is 10.0 Å². The van der Waals surface area contributed by atoms with Gasteiger partial charge < -0.3 is 19.9 Å². The van der Waals surface area contributed by atoms with Gasteiger partial charge in [-0.15, -0.1) is 0 Å². The molecule has 0 saturated carbocycles. The number of carbonyl (C=O) groups is 1. The molecule has 41 heavy (non-hydrogen) atoms. The summed E-state index contributed by atoms with van der Waals surface area (Å²) in [6, 6.07) is 4.49. The number of hydrogen-bond acceptors (Lipinski definition) is 9. The van der Waals surface area contributed by atoms with Crippen LogP contribution in [0.2, 0.25) is 0 Å². The van der Waals surface area contributed by atoms with Gasteiger partial charge in [-0.05, 0) is 50.1 Å². The topological polar surface area (TPSA) is 160 Å². The van der Waals surface area contributed by atoms with Gasteiger partial charge >= 0.3 is 10.4 Å². The van der Waals surface area contributed by atoms with Crippen molar-refractivity contribution in [1.29, 1.82) is 0 Å². The maximum Gasteiger partial charge on any atom is 0.394 e. The van der Waals surface area contributed by atoms with Crippen LogP contribution in [0.3, 0.4) is 0 Å². The predicted octanol–water partition coefficient (Wildman–Crippen LogP) is 1.14. The van der Waals surface area contributed by atoms with Crippen molar-refractivity contribution in [1.82, 2.24) is 24.3 Å². The van der Waals surface area contributed by atoms with Crippen molar-refractivity contribution in [2.45, 2.75) is 37.6 Å². The maximum atomic E-state index is 13.6. The number of likely N-dealkylation sites (N-methyl/N-ethyl adjacent to an activating group) is 1. The van der Waals surface area contributed by atoms with Gasteiger partial charge in [0, 0.05) is 51.9 Å². The number of hydrogen-bond donors (Lipinski definition) is 3. The second-order valence-corrected chi connectivity index (χ2v) is 12.9. The molecule has 1 amide bonds. The Morgan fingerprint density at radius 2 is 1.71 bits per heavy atom. The van der Waals surface area contributed by atoms with Crippen LogP contribution in [-0.2, 0) is 25.2 Å². The summed E-state index contributed by atoms with van der Waals surface area (Å²) < 4.78 is 78.6. The minimum atomic E-state index is -4.67. The van der Waals surface area contributed by atoms with E-state index in [1.165, 1.54) is 4.31 Å². The number of rotatable bonds is 10. The first-order valence-electron chi connectivity index (χ1n) is 13.5. The minimum Gasteiger partial charge on any atom is -0.494 e. The highest BCUT2D eigenvalue weighted by molar-refractivity contribution is 7.89. The summed E-state index contributed by atoms with van der Waals surface area (Å²) in [6.07, 6.45) is 1.46. The molecule has 0 radical (unpaired) electrons. The number of piperazine rings is 1. The molecule has 4 rings (SSSR count). The van der Waals surface area contributed by atoms with Crippen LogP contribution < -0.4 is 10.1 Å². The molecule has 3 aliphatic rings. The molecule has 1 atom stereocenters. The highest BCUT2D eigenvalue weighted by Crippen LogP contribution is 2.39. The van der Waals surface area contributed by atoms with Crippen LogP contribution in [0.15, 0.2) is 34.4 Å². The molecule has 0 aliphatic carbocycles. The molecule has 3 heterocycles. The third-order valence-electron chi connectivity index (χ3n) is 7.04. The van der Waals surface area contributed by atoms with Gasteiger partial charge in [0.05, 0.1) is 30.9 Å². The van der Waals surface area contributed by atoms with Crippen molar-refractivity contribution < 1.29 is 39.9 Å². The number of ether oxygens (including phenoxy) is 1. The number of sulfonamides is 1. The molecule has 232 valence electrons. The number of halogens is 1. The van der Waals surface area contributed by atoms with Crippen LogP contribution in [0.5, 0.6) is 5.75 Å². The average Bonchev–Trinajstić information content (AvgIpc) is 3.23. The van der Waals surface area contributed by atoms with E-state index < -0.39 is 26.5 Å². The molecule has 3 N–H and O–H groups in total. The molecular weight excluding hydrogens is 581 g/mol. The fourth-order valence-corrected chi connectivity index (χ4v) is 6.83. The molecule has 0 spiro atoms. The van der Waals surface area contributed by atoms with Gasteiger partial charge in [-0.1, -0.05) is 6.92 Å². The average molecular weight is 622 g/mol. The summed E-state index contributed by atoms with van der Waals surface area (Å²) >= 11 is 0. The van der Waals surface area contributed by atoms with Crippen LogP contribution in [0, 0.1) is 0 Å². The van der Waals surface area contributed by atoms with Crippen molar-refractivity contribution in [3.63, 3.8) is 0 Å². The molecule has 1 fully saturated rings. The minimum absolute atomic E-state index is 0.145. The first kappa shape index (κ1) is 33.2. The Morgan fingerprint density at radius 1 is 1.05 bits per heavy atom. The van der Waals surface area contributed by atoms with E-state index in [4.69, 9.17) is 22.3 Å². The van der Waals surface area contributed by atoms with Crippen LogP contribution in [0.4, 0.5) is 4.39 Å². The van der Waals surface area contributed by atoms with E-state index in [2.05, 4.69) is 22.0 Å². The molecule has 16 heteroatoms. The van der Waals surface area contributed by atoms with E-state index in [-0.39, 0.29) is 17.5 Å². The largest absolute Gasteiger partial charge is 0.494 e. The quantitative estimate of drug-likeness (QED) is 0.322. The second-order valence-electron chi connectivity index (χ2n) is 10.0. The van der Waals surface area contributed by atoms with E-state index in [9.17, 15) is 17.6 Å². The van der Waals surface area contributed by atoms with Crippen molar-refractivity contribution in [2.75, 3.05) is 72.8 Å². The van der Waals surface area contributed by atoms with Crippen molar-refractivity contribution in [3.05, 3.63) is 35.0 Å². The third kappa shape index (κ3) is 8.59. The normalized spacial score (nSPS) is 20.9. The maximum absolute atomic E-state index is 13.6. The van der Waals surface area contributed by atoms with Gasteiger partial charge in [-0.3, -0.25) is 23.2 Å². The molecule has 3 aliphatic heterocycles. The third-order valence-corrected chi connectivity index (χ3v) is 8.93. The summed E-state index contributed by atoms with van der Waals surface area (Å²) in [5.74, 6) is 0.426. The Kier molecular flexibility index (Phi) is 11.5. The predicted molar refractivity (Wildman–Crippen MR) is 150 cm³/mol. The van der Waals surface area contributed by atoms with Gasteiger partial charge in [0.1, 0.15) is 11.4 Å². The molecule has 1 aromatic rings. The Hall–Kier alpha value is -2.34. The summed E-state index contributed by atoms with van der Waals surface area (Å²) in [5, 5.41) is 3.08. The molecule has 0 bridgehead atoms. The lowest BCUT2D eigenvalue weighted by Crippen LogP contribution is -2.48. The van der Waals surface area contributed by atoms with Crippen LogP contribution >= 0.6 is 0 Å². The zero-order valence-corrected chi connectivity index (χ0v) is 25.3. The van der Waals surface area contributed by atoms with Crippen molar-refractivity contribution in [2.24, 2.45) is 0 Å². The number of nitrogens with one attached hydrogen (secondary N) is 1. The highest BCUT2D eigenvalue weighted by atomic mass is 32.3. The standard InChI is InChI=1S/C25H38FN5O4S.H2O4S/c1-4-10-30-17-21-23(27-25(32)24(21)28(3)18-30)20-16-19(7-8-22(20)35-5-2)36(33,34)31-14-12-29(13-15-31)11-6-9-26;1-5(2,3)4/h7-8,16,23H,4-6,9-15,17-18H2,1-3H3,(H,27,32);(H2,1,2,3,4). The second kappa shape index (κ2) is 14.2. The Bertz CT molecular complexity index is 1310. The summed E-state index contributed by atoms with van der Waals surface area (Å²) in [7, 11) is -6.49. The molecule has 1 aromatic carbocycles. The van der Waals surface area contributed by atoms with E-state index in [1.54, 1.807) is 18.2 Å². The van der Waals surface area contributed by atoms with E-state index in [0.717, 1.165) is 18.5 Å². The lowest BCUT2D eigenvalue weighted by molar-refractivity contribution is -0.118.